The van der Waals surface area contributed by atoms with E-state index in [4.69, 9.17) is 10.5 Å². The Labute approximate surface area is 119 Å². The van der Waals surface area contributed by atoms with Crippen LogP contribution >= 0.6 is 0 Å². The predicted molar refractivity (Wildman–Crippen MR) is 76.5 cm³/mol. The van der Waals surface area contributed by atoms with Gasteiger partial charge in [-0.25, -0.2) is 14.8 Å². The molecule has 6 heteroatoms. The molecule has 0 radical (unpaired) electrons. The first kappa shape index (κ1) is 14.7. The molecule has 20 heavy (non-hydrogen) atoms. The number of aromatic nitrogens is 2. The highest BCUT2D eigenvalue weighted by atomic mass is 16.6. The van der Waals surface area contributed by atoms with Crippen molar-refractivity contribution in [3.8, 4) is 0 Å². The van der Waals surface area contributed by atoms with Crippen LogP contribution in [0.15, 0.2) is 12.4 Å². The van der Waals surface area contributed by atoms with E-state index in [0.29, 0.717) is 6.54 Å². The van der Waals surface area contributed by atoms with Crippen LogP contribution in [0.2, 0.25) is 0 Å². The van der Waals surface area contributed by atoms with Crippen molar-refractivity contribution in [3.05, 3.63) is 18.0 Å². The van der Waals surface area contributed by atoms with Crippen molar-refractivity contribution in [3.63, 3.8) is 0 Å². The van der Waals surface area contributed by atoms with E-state index in [-0.39, 0.29) is 11.4 Å². The molecule has 1 amide bonds. The molecule has 1 aromatic heterocycles. The summed E-state index contributed by atoms with van der Waals surface area (Å²) >= 11 is 0. The number of nitrogens with one attached hydrogen (secondary N) is 1. The van der Waals surface area contributed by atoms with E-state index < -0.39 is 11.7 Å². The van der Waals surface area contributed by atoms with Crippen LogP contribution in [-0.4, -0.2) is 28.2 Å². The highest BCUT2D eigenvalue weighted by molar-refractivity contribution is 5.82. The lowest BCUT2D eigenvalue weighted by atomic mass is 9.95. The van der Waals surface area contributed by atoms with Crippen molar-refractivity contribution in [2.75, 3.05) is 11.9 Å². The Kier molecular flexibility index (Phi) is 3.94. The summed E-state index contributed by atoms with van der Waals surface area (Å²) in [6, 6.07) is 0. The zero-order valence-electron chi connectivity index (χ0n) is 12.3. The first-order valence-electron chi connectivity index (χ1n) is 6.87. The number of anilines is 1. The van der Waals surface area contributed by atoms with E-state index in [1.165, 1.54) is 0 Å². The number of carbonyl (C=O) groups is 1. The zero-order valence-corrected chi connectivity index (χ0v) is 12.3. The topological polar surface area (TPSA) is 90.1 Å². The number of rotatable bonds is 4. The van der Waals surface area contributed by atoms with Gasteiger partial charge in [0.1, 0.15) is 5.60 Å². The molecular weight excluding hydrogens is 256 g/mol. The van der Waals surface area contributed by atoms with Crippen LogP contribution in [0.3, 0.4) is 0 Å². The van der Waals surface area contributed by atoms with E-state index >= 15 is 0 Å². The fraction of sp³-hybridized carbons (Fsp3) is 0.643. The molecule has 1 aromatic rings. The fourth-order valence-electron chi connectivity index (χ4n) is 2.17. The van der Waals surface area contributed by atoms with Crippen LogP contribution in [0.5, 0.6) is 0 Å². The van der Waals surface area contributed by atoms with Crippen molar-refractivity contribution < 1.29 is 9.53 Å². The first-order chi connectivity index (χ1) is 9.35. The van der Waals surface area contributed by atoms with Crippen molar-refractivity contribution in [2.24, 2.45) is 5.73 Å². The highest BCUT2D eigenvalue weighted by Gasteiger charge is 2.43. The van der Waals surface area contributed by atoms with E-state index in [2.05, 4.69) is 15.3 Å². The molecule has 1 aliphatic rings. The molecule has 110 valence electrons. The van der Waals surface area contributed by atoms with Crippen LogP contribution in [0, 0.1) is 0 Å². The smallest absolute Gasteiger partial charge is 0.414 e. The number of nitrogens with zero attached hydrogens (tertiary/aromatic N) is 2. The number of nitrogens with two attached hydrogens (primary N) is 1. The Hall–Kier alpha value is -1.69. The lowest BCUT2D eigenvalue weighted by Crippen LogP contribution is -2.27. The van der Waals surface area contributed by atoms with Gasteiger partial charge in [-0.05, 0) is 57.6 Å². The molecule has 1 fully saturated rings. The van der Waals surface area contributed by atoms with E-state index in [0.717, 1.165) is 24.8 Å². The molecule has 3 N–H and O–H groups in total. The van der Waals surface area contributed by atoms with E-state index in [1.807, 2.05) is 0 Å². The van der Waals surface area contributed by atoms with E-state index in [9.17, 15) is 4.79 Å². The summed E-state index contributed by atoms with van der Waals surface area (Å²) in [4.78, 5) is 19.9. The van der Waals surface area contributed by atoms with Gasteiger partial charge in [0, 0.05) is 12.4 Å². The second-order valence-electron chi connectivity index (χ2n) is 6.24. The molecule has 0 spiro atoms. The summed E-state index contributed by atoms with van der Waals surface area (Å²) in [6.45, 7) is 6.08. The monoisotopic (exact) mass is 278 g/mol. The average molecular weight is 278 g/mol. The normalized spacial score (nSPS) is 16.6. The molecule has 2 rings (SSSR count). The Morgan fingerprint density at radius 1 is 1.40 bits per heavy atom. The molecule has 0 saturated heterocycles. The molecule has 1 aliphatic carbocycles. The van der Waals surface area contributed by atoms with Crippen LogP contribution < -0.4 is 11.1 Å². The number of hydrogen-bond donors (Lipinski definition) is 2. The standard InChI is InChI=1S/C14H22N4O2/c1-13(2,3)20-12(19)18-11-16-8-10(9-17-11)14(4-5-14)6-7-15/h8-9H,4-7,15H2,1-3H3,(H,16,17,18,19). The van der Waals surface area contributed by atoms with Crippen molar-refractivity contribution in [1.29, 1.82) is 0 Å². The molecule has 0 unspecified atom stereocenters. The lowest BCUT2D eigenvalue weighted by Gasteiger charge is -2.19. The molecule has 0 bridgehead atoms. The Balaban J connectivity index is 1.97. The van der Waals surface area contributed by atoms with Gasteiger partial charge >= 0.3 is 6.09 Å². The van der Waals surface area contributed by atoms with Gasteiger partial charge in [-0.2, -0.15) is 0 Å². The Bertz CT molecular complexity index is 475. The maximum Gasteiger partial charge on any atom is 0.414 e. The van der Waals surface area contributed by atoms with Crippen LogP contribution in [0.4, 0.5) is 10.7 Å². The second-order valence-corrected chi connectivity index (χ2v) is 6.24. The third kappa shape index (κ3) is 3.66. The minimum atomic E-state index is -0.548. The van der Waals surface area contributed by atoms with Crippen LogP contribution in [-0.2, 0) is 10.2 Å². The number of ether oxygens (including phenoxy) is 1. The predicted octanol–water partition coefficient (Wildman–Crippen LogP) is 2.20. The van der Waals surface area contributed by atoms with E-state index in [1.54, 1.807) is 33.2 Å². The van der Waals surface area contributed by atoms with Gasteiger partial charge in [-0.3, -0.25) is 5.32 Å². The summed E-state index contributed by atoms with van der Waals surface area (Å²) in [5, 5.41) is 2.52. The van der Waals surface area contributed by atoms with Gasteiger partial charge < -0.3 is 10.5 Å². The summed E-state index contributed by atoms with van der Waals surface area (Å²) in [6.07, 6.45) is 6.20. The minimum absolute atomic E-state index is 0.166. The summed E-state index contributed by atoms with van der Waals surface area (Å²) in [5.74, 6) is 0.256. The fourth-order valence-corrected chi connectivity index (χ4v) is 2.17. The molecule has 0 aliphatic heterocycles. The number of hydrogen-bond acceptors (Lipinski definition) is 5. The third-order valence-corrected chi connectivity index (χ3v) is 3.35. The molecule has 1 saturated carbocycles. The lowest BCUT2D eigenvalue weighted by molar-refractivity contribution is 0.0634. The SMILES string of the molecule is CC(C)(C)OC(=O)Nc1ncc(C2(CCN)CC2)cn1. The van der Waals surface area contributed by atoms with Gasteiger partial charge in [0.2, 0.25) is 5.95 Å². The minimum Gasteiger partial charge on any atom is -0.444 e. The maximum atomic E-state index is 11.6. The Morgan fingerprint density at radius 3 is 2.45 bits per heavy atom. The molecular formula is C14H22N4O2. The Morgan fingerprint density at radius 2 is 2.00 bits per heavy atom. The third-order valence-electron chi connectivity index (χ3n) is 3.35. The summed E-state index contributed by atoms with van der Waals surface area (Å²) in [7, 11) is 0. The van der Waals surface area contributed by atoms with Gasteiger partial charge in [0.05, 0.1) is 0 Å². The second kappa shape index (κ2) is 5.36. The molecule has 6 nitrogen and oxygen atoms in total. The van der Waals surface area contributed by atoms with Gasteiger partial charge in [0.15, 0.2) is 0 Å². The number of carbonyl (C=O) groups excluding carboxylic acids is 1. The average Bonchev–Trinajstić information content (AvgIpc) is 3.09. The van der Waals surface area contributed by atoms with Crippen LogP contribution in [0.25, 0.3) is 0 Å². The highest BCUT2D eigenvalue weighted by Crippen LogP contribution is 2.50. The quantitative estimate of drug-likeness (QED) is 0.881. The van der Waals surface area contributed by atoms with Crippen molar-refractivity contribution in [2.45, 2.75) is 51.0 Å². The van der Waals surface area contributed by atoms with Gasteiger partial charge in [-0.1, -0.05) is 0 Å². The zero-order chi connectivity index (χ0) is 14.8. The van der Waals surface area contributed by atoms with Crippen LogP contribution in [0.1, 0.15) is 45.6 Å². The van der Waals surface area contributed by atoms with Gasteiger partial charge in [0.25, 0.3) is 0 Å². The van der Waals surface area contributed by atoms with Crippen molar-refractivity contribution in [1.82, 2.24) is 9.97 Å². The molecule has 0 atom stereocenters. The molecule has 1 heterocycles. The number of amides is 1. The van der Waals surface area contributed by atoms with Gasteiger partial charge in [-0.15, -0.1) is 0 Å². The summed E-state index contributed by atoms with van der Waals surface area (Å²) < 4.78 is 5.14. The van der Waals surface area contributed by atoms with Crippen molar-refractivity contribution >= 4 is 12.0 Å². The maximum absolute atomic E-state index is 11.6. The summed E-state index contributed by atoms with van der Waals surface area (Å²) in [5.41, 5.74) is 6.35. The molecule has 0 aromatic carbocycles. The largest absolute Gasteiger partial charge is 0.444 e. The first-order valence-corrected chi connectivity index (χ1v) is 6.87.